The first kappa shape index (κ1) is 30.4. The Kier molecular flexibility index (Phi) is 7.97. The quantitative estimate of drug-likeness (QED) is 0.253. The van der Waals surface area contributed by atoms with Gasteiger partial charge in [0.25, 0.3) is 11.8 Å². The summed E-state index contributed by atoms with van der Waals surface area (Å²) < 4.78 is 59.7. The number of fused-ring (bicyclic) bond motifs is 2. The number of benzene rings is 3. The highest BCUT2D eigenvalue weighted by Gasteiger charge is 2.46. The zero-order valence-corrected chi connectivity index (χ0v) is 24.0. The number of ether oxygens (including phenoxy) is 1. The molecule has 2 aromatic heterocycles. The SMILES string of the molecule is COc1ccc(CN2C(=O)c3cccnc3C2c2ccc(F)cc2F)cc1.O=C1NC(O)(c2ccc(F)cc2F)c2ncccc21. The molecule has 0 saturated heterocycles. The van der Waals surface area contributed by atoms with E-state index in [2.05, 4.69) is 15.3 Å². The first-order valence-electron chi connectivity index (χ1n) is 13.9. The van der Waals surface area contributed by atoms with E-state index in [1.807, 2.05) is 12.1 Å². The van der Waals surface area contributed by atoms with Crippen LogP contribution in [-0.4, -0.2) is 38.9 Å². The van der Waals surface area contributed by atoms with Crippen LogP contribution in [-0.2, 0) is 12.3 Å². The predicted octanol–water partition coefficient (Wildman–Crippen LogP) is 5.41. The van der Waals surface area contributed by atoms with Crippen molar-refractivity contribution in [3.63, 3.8) is 0 Å². The fraction of sp³-hybridized carbons (Fsp3) is 0.118. The van der Waals surface area contributed by atoms with Gasteiger partial charge in [0.2, 0.25) is 5.72 Å². The minimum absolute atomic E-state index is 0.00510. The first-order valence-corrected chi connectivity index (χ1v) is 13.9. The molecular formula is C34H24F4N4O4. The zero-order chi connectivity index (χ0) is 32.6. The van der Waals surface area contributed by atoms with Crippen molar-refractivity contribution in [1.82, 2.24) is 20.2 Å². The molecule has 4 heterocycles. The van der Waals surface area contributed by atoms with E-state index in [1.165, 1.54) is 30.5 Å². The molecule has 5 aromatic rings. The van der Waals surface area contributed by atoms with Gasteiger partial charge in [-0.25, -0.2) is 17.6 Å². The molecule has 2 N–H and O–H groups in total. The van der Waals surface area contributed by atoms with Crippen LogP contribution in [0.2, 0.25) is 0 Å². The highest BCUT2D eigenvalue weighted by Crippen LogP contribution is 2.39. The van der Waals surface area contributed by atoms with Gasteiger partial charge in [0, 0.05) is 42.2 Å². The van der Waals surface area contributed by atoms with E-state index in [0.717, 1.165) is 23.8 Å². The maximum atomic E-state index is 14.5. The second-order valence-corrected chi connectivity index (χ2v) is 10.5. The molecular weight excluding hydrogens is 604 g/mol. The molecule has 7 rings (SSSR count). The van der Waals surface area contributed by atoms with Crippen molar-refractivity contribution >= 4 is 11.8 Å². The van der Waals surface area contributed by atoms with Crippen LogP contribution in [0, 0.1) is 23.3 Å². The van der Waals surface area contributed by atoms with Gasteiger partial charge in [-0.1, -0.05) is 18.2 Å². The molecule has 2 unspecified atom stereocenters. The lowest BCUT2D eigenvalue weighted by molar-refractivity contribution is 0.0422. The van der Waals surface area contributed by atoms with Gasteiger partial charge in [0.05, 0.1) is 23.9 Å². The van der Waals surface area contributed by atoms with Gasteiger partial charge in [0.1, 0.15) is 40.8 Å². The highest BCUT2D eigenvalue weighted by atomic mass is 19.1. The first-order chi connectivity index (χ1) is 22.1. The number of hydrogen-bond donors (Lipinski definition) is 2. The van der Waals surface area contributed by atoms with Gasteiger partial charge in [-0.15, -0.1) is 0 Å². The topological polar surface area (TPSA) is 105 Å². The summed E-state index contributed by atoms with van der Waals surface area (Å²) >= 11 is 0. The monoisotopic (exact) mass is 628 g/mol. The van der Waals surface area contributed by atoms with Crippen LogP contribution in [0.3, 0.4) is 0 Å². The predicted molar refractivity (Wildman–Crippen MR) is 156 cm³/mol. The molecule has 2 aliphatic rings. The van der Waals surface area contributed by atoms with E-state index in [9.17, 15) is 32.3 Å². The molecule has 2 atom stereocenters. The smallest absolute Gasteiger partial charge is 0.256 e. The van der Waals surface area contributed by atoms with Gasteiger partial charge >= 0.3 is 0 Å². The van der Waals surface area contributed by atoms with Crippen molar-refractivity contribution in [3.05, 3.63) is 160 Å². The number of hydrogen-bond acceptors (Lipinski definition) is 6. The molecule has 0 aliphatic carbocycles. The van der Waals surface area contributed by atoms with Crippen molar-refractivity contribution in [3.8, 4) is 5.75 Å². The van der Waals surface area contributed by atoms with Gasteiger partial charge in [0.15, 0.2) is 0 Å². The van der Waals surface area contributed by atoms with E-state index in [4.69, 9.17) is 4.74 Å². The van der Waals surface area contributed by atoms with Crippen molar-refractivity contribution in [1.29, 1.82) is 0 Å². The Hall–Kier alpha value is -5.62. The molecule has 2 amide bonds. The number of carbonyl (C=O) groups excluding carboxylic acids is 2. The van der Waals surface area contributed by atoms with Crippen LogP contribution >= 0.6 is 0 Å². The molecule has 3 aromatic carbocycles. The minimum Gasteiger partial charge on any atom is -0.497 e. The van der Waals surface area contributed by atoms with Gasteiger partial charge < -0.3 is 20.1 Å². The lowest BCUT2D eigenvalue weighted by atomic mass is 9.98. The van der Waals surface area contributed by atoms with Crippen LogP contribution in [0.4, 0.5) is 17.6 Å². The van der Waals surface area contributed by atoms with Crippen LogP contribution in [0.25, 0.3) is 0 Å². The number of nitrogens with one attached hydrogen (secondary N) is 1. The zero-order valence-electron chi connectivity index (χ0n) is 24.0. The van der Waals surface area contributed by atoms with E-state index in [0.29, 0.717) is 23.1 Å². The average Bonchev–Trinajstić information content (AvgIpc) is 3.47. The Morgan fingerprint density at radius 2 is 1.50 bits per heavy atom. The van der Waals surface area contributed by atoms with Crippen molar-refractivity contribution < 1.29 is 37.0 Å². The standard InChI is InChI=1S/C21H16F2N2O2.C13H8F2N2O2/c1-27-15-7-4-13(5-8-15)12-25-20(16-9-6-14(22)11-18(16)23)19-17(21(25)26)3-2-10-24-19;14-7-3-4-9(10(15)6-7)13(19)11-8(12(18)17-13)2-1-5-16-11/h2-11,20H,12H2,1H3;1-6,19H,(H,17,18). The van der Waals surface area contributed by atoms with Crippen molar-refractivity contribution in [2.45, 2.75) is 18.3 Å². The van der Waals surface area contributed by atoms with Crippen molar-refractivity contribution in [2.75, 3.05) is 7.11 Å². The van der Waals surface area contributed by atoms with E-state index < -0.39 is 40.9 Å². The summed E-state index contributed by atoms with van der Waals surface area (Å²) in [5.41, 5.74) is -0.175. The Labute approximate surface area is 259 Å². The Bertz CT molecular complexity index is 1970. The van der Waals surface area contributed by atoms with Crippen LogP contribution < -0.4 is 10.1 Å². The number of carbonyl (C=O) groups is 2. The number of aliphatic hydroxyl groups is 1. The lowest BCUT2D eigenvalue weighted by Crippen LogP contribution is -2.41. The summed E-state index contributed by atoms with van der Waals surface area (Å²) in [6.45, 7) is 0.265. The molecule has 46 heavy (non-hydrogen) atoms. The third-order valence-electron chi connectivity index (χ3n) is 7.68. The molecule has 0 saturated carbocycles. The fourth-order valence-electron chi connectivity index (χ4n) is 5.51. The molecule has 2 aliphatic heterocycles. The minimum atomic E-state index is -2.08. The molecule has 8 nitrogen and oxygen atoms in total. The maximum absolute atomic E-state index is 14.5. The highest BCUT2D eigenvalue weighted by molar-refractivity contribution is 6.00. The number of pyridine rings is 2. The van der Waals surface area contributed by atoms with Gasteiger partial charge in [-0.2, -0.15) is 0 Å². The van der Waals surface area contributed by atoms with E-state index >= 15 is 0 Å². The molecule has 0 fully saturated rings. The number of aromatic nitrogens is 2. The molecule has 0 radical (unpaired) electrons. The fourth-order valence-corrected chi connectivity index (χ4v) is 5.51. The van der Waals surface area contributed by atoms with Gasteiger partial charge in [-0.05, 0) is 60.2 Å². The normalized spacial score (nSPS) is 18.0. The number of halogens is 4. The largest absolute Gasteiger partial charge is 0.497 e. The Balaban J connectivity index is 0.000000172. The summed E-state index contributed by atoms with van der Waals surface area (Å²) in [7, 11) is 1.58. The number of rotatable bonds is 5. The summed E-state index contributed by atoms with van der Waals surface area (Å²) in [5, 5.41) is 12.8. The van der Waals surface area contributed by atoms with Crippen LogP contribution in [0.1, 0.15) is 54.8 Å². The average molecular weight is 629 g/mol. The number of amides is 2. The Morgan fingerprint density at radius 3 is 2.17 bits per heavy atom. The van der Waals surface area contributed by atoms with E-state index in [1.54, 1.807) is 42.5 Å². The van der Waals surface area contributed by atoms with Crippen LogP contribution in [0.15, 0.2) is 97.3 Å². The second kappa shape index (κ2) is 12.1. The lowest BCUT2D eigenvalue weighted by Gasteiger charge is -2.25. The second-order valence-electron chi connectivity index (χ2n) is 10.5. The molecule has 232 valence electrons. The van der Waals surface area contributed by atoms with Gasteiger partial charge in [-0.3, -0.25) is 19.6 Å². The Morgan fingerprint density at radius 1 is 0.848 bits per heavy atom. The summed E-state index contributed by atoms with van der Waals surface area (Å²) in [6, 6.07) is 19.0. The summed E-state index contributed by atoms with van der Waals surface area (Å²) in [6.07, 6.45) is 2.95. The van der Waals surface area contributed by atoms with Crippen LogP contribution in [0.5, 0.6) is 5.75 Å². The number of methoxy groups -OCH3 is 1. The maximum Gasteiger partial charge on any atom is 0.256 e. The molecule has 0 bridgehead atoms. The summed E-state index contributed by atoms with van der Waals surface area (Å²) in [4.78, 5) is 34.4. The number of nitrogens with zero attached hydrogens (tertiary/aromatic N) is 3. The third kappa shape index (κ3) is 5.43. The van der Waals surface area contributed by atoms with E-state index in [-0.39, 0.29) is 34.8 Å². The molecule has 12 heteroatoms. The molecule has 0 spiro atoms. The third-order valence-corrected chi connectivity index (χ3v) is 7.68. The van der Waals surface area contributed by atoms with Crippen molar-refractivity contribution in [2.24, 2.45) is 0 Å². The summed E-state index contributed by atoms with van der Waals surface area (Å²) in [5.74, 6) is -3.18.